The summed E-state index contributed by atoms with van der Waals surface area (Å²) in [5.41, 5.74) is 0.375. The molecule has 0 aliphatic rings. The van der Waals surface area contributed by atoms with E-state index >= 15 is 0 Å². The number of rotatable bonds is 6. The van der Waals surface area contributed by atoms with Crippen molar-refractivity contribution >= 4 is 11.6 Å². The van der Waals surface area contributed by atoms with Crippen LogP contribution in [0.25, 0.3) is 5.65 Å². The molecule has 1 amide bonds. The van der Waals surface area contributed by atoms with Crippen molar-refractivity contribution < 1.29 is 4.79 Å². The summed E-state index contributed by atoms with van der Waals surface area (Å²) >= 11 is 0. The van der Waals surface area contributed by atoms with E-state index < -0.39 is 0 Å². The lowest BCUT2D eigenvalue weighted by atomic mass is 10.3. The largest absolute Gasteiger partial charge is 0.350 e. The number of carbonyl (C=O) groups excluding carboxylic acids is 1. The average molecular weight is 277 g/mol. The molecule has 0 spiro atoms. The molecule has 0 saturated carbocycles. The first-order valence-corrected chi connectivity index (χ1v) is 6.56. The second-order valence-corrected chi connectivity index (χ2v) is 4.60. The number of aryl methyl sites for hydroxylation is 1. The van der Waals surface area contributed by atoms with E-state index in [1.54, 1.807) is 30.3 Å². The van der Waals surface area contributed by atoms with Gasteiger partial charge in [-0.3, -0.25) is 9.20 Å². The Labute approximate surface area is 116 Å². The number of aromatic nitrogens is 3. The number of nitrogens with one attached hydrogen (secondary N) is 1. The van der Waals surface area contributed by atoms with E-state index in [9.17, 15) is 9.59 Å². The number of hydrogen-bond acceptors (Lipinski definition) is 4. The van der Waals surface area contributed by atoms with Gasteiger partial charge < -0.3 is 10.2 Å². The maximum Gasteiger partial charge on any atom is 0.350 e. The van der Waals surface area contributed by atoms with Gasteiger partial charge in [-0.1, -0.05) is 6.07 Å². The number of pyridine rings is 1. The van der Waals surface area contributed by atoms with Crippen LogP contribution < -0.4 is 11.0 Å². The standard InChI is InChI=1S/C13H19N5O2/c1-14-7-10-16(2)12(19)6-9-18-13(20)17-8-4-3-5-11(17)15-18/h3-5,8,14H,6-7,9-10H2,1-2H3. The molecule has 7 heteroatoms. The highest BCUT2D eigenvalue weighted by molar-refractivity contribution is 5.75. The van der Waals surface area contributed by atoms with Crippen LogP contribution in [0.3, 0.4) is 0 Å². The molecule has 0 aliphatic carbocycles. The van der Waals surface area contributed by atoms with Crippen LogP contribution in [0.15, 0.2) is 29.2 Å². The third-order valence-corrected chi connectivity index (χ3v) is 3.15. The van der Waals surface area contributed by atoms with E-state index in [1.165, 1.54) is 9.08 Å². The Balaban J connectivity index is 2.01. The van der Waals surface area contributed by atoms with E-state index in [0.717, 1.165) is 6.54 Å². The van der Waals surface area contributed by atoms with Crippen LogP contribution in [0.1, 0.15) is 6.42 Å². The molecule has 0 unspecified atom stereocenters. The van der Waals surface area contributed by atoms with Crippen LogP contribution in [-0.2, 0) is 11.3 Å². The lowest BCUT2D eigenvalue weighted by Crippen LogP contribution is -2.34. The summed E-state index contributed by atoms with van der Waals surface area (Å²) in [6, 6.07) is 5.36. The van der Waals surface area contributed by atoms with Gasteiger partial charge in [-0.15, -0.1) is 5.10 Å². The minimum Gasteiger partial charge on any atom is -0.344 e. The molecule has 2 aromatic rings. The van der Waals surface area contributed by atoms with Gasteiger partial charge in [-0.2, -0.15) is 0 Å². The zero-order valence-electron chi connectivity index (χ0n) is 11.7. The molecule has 0 saturated heterocycles. The number of nitrogens with zero attached hydrogens (tertiary/aromatic N) is 4. The smallest absolute Gasteiger partial charge is 0.344 e. The maximum absolute atomic E-state index is 12.0. The van der Waals surface area contributed by atoms with Crippen LogP contribution in [0.2, 0.25) is 0 Å². The number of likely N-dealkylation sites (N-methyl/N-ethyl adjacent to an activating group) is 2. The summed E-state index contributed by atoms with van der Waals surface area (Å²) in [4.78, 5) is 25.6. The quantitative estimate of drug-likeness (QED) is 0.777. The fraction of sp³-hybridized carbons (Fsp3) is 0.462. The third-order valence-electron chi connectivity index (χ3n) is 3.15. The Morgan fingerprint density at radius 1 is 1.45 bits per heavy atom. The molecule has 0 aliphatic heterocycles. The molecule has 0 atom stereocenters. The van der Waals surface area contributed by atoms with Crippen molar-refractivity contribution in [3.8, 4) is 0 Å². The first kappa shape index (κ1) is 14.3. The first-order chi connectivity index (χ1) is 9.63. The zero-order chi connectivity index (χ0) is 14.5. The Bertz CT molecular complexity index is 645. The van der Waals surface area contributed by atoms with E-state index in [-0.39, 0.29) is 18.0 Å². The summed E-state index contributed by atoms with van der Waals surface area (Å²) in [7, 11) is 3.60. The highest BCUT2D eigenvalue weighted by Crippen LogP contribution is 1.97. The number of amides is 1. The second kappa shape index (κ2) is 6.33. The second-order valence-electron chi connectivity index (χ2n) is 4.60. The van der Waals surface area contributed by atoms with Gasteiger partial charge >= 0.3 is 5.69 Å². The summed E-state index contributed by atoms with van der Waals surface area (Å²) in [5, 5.41) is 7.18. The van der Waals surface area contributed by atoms with E-state index in [0.29, 0.717) is 18.7 Å². The monoisotopic (exact) mass is 277 g/mol. The summed E-state index contributed by atoms with van der Waals surface area (Å²) in [6.45, 7) is 1.69. The van der Waals surface area contributed by atoms with Gasteiger partial charge in [0.25, 0.3) is 0 Å². The molecule has 0 aromatic carbocycles. The van der Waals surface area contributed by atoms with Gasteiger partial charge in [0.1, 0.15) is 0 Å². The maximum atomic E-state index is 12.0. The van der Waals surface area contributed by atoms with E-state index in [2.05, 4.69) is 10.4 Å². The van der Waals surface area contributed by atoms with Crippen molar-refractivity contribution in [1.82, 2.24) is 24.4 Å². The minimum absolute atomic E-state index is 0.00389. The molecule has 2 rings (SSSR count). The molecule has 108 valence electrons. The van der Waals surface area contributed by atoms with Gasteiger partial charge in [-0.05, 0) is 19.2 Å². The predicted octanol–water partition coefficient (Wildman–Crippen LogP) is -0.436. The molecule has 0 bridgehead atoms. The van der Waals surface area contributed by atoms with Gasteiger partial charge in [-0.25, -0.2) is 9.48 Å². The van der Waals surface area contributed by atoms with Crippen LogP contribution in [-0.4, -0.2) is 52.2 Å². The van der Waals surface area contributed by atoms with Gasteiger partial charge in [0.15, 0.2) is 5.65 Å². The average Bonchev–Trinajstić information content (AvgIpc) is 2.79. The van der Waals surface area contributed by atoms with E-state index in [1.807, 2.05) is 13.1 Å². The lowest BCUT2D eigenvalue weighted by Gasteiger charge is -2.16. The molecule has 7 nitrogen and oxygen atoms in total. The zero-order valence-corrected chi connectivity index (χ0v) is 11.7. The van der Waals surface area contributed by atoms with E-state index in [4.69, 9.17) is 0 Å². The summed E-state index contributed by atoms with van der Waals surface area (Å²) in [6.07, 6.45) is 1.94. The SMILES string of the molecule is CNCCN(C)C(=O)CCn1nc2ccccn2c1=O. The summed E-state index contributed by atoms with van der Waals surface area (Å²) < 4.78 is 2.80. The van der Waals surface area contributed by atoms with Crippen molar-refractivity contribution in [2.75, 3.05) is 27.2 Å². The van der Waals surface area contributed by atoms with Crippen molar-refractivity contribution in [2.45, 2.75) is 13.0 Å². The third kappa shape index (κ3) is 3.05. The van der Waals surface area contributed by atoms with Crippen LogP contribution >= 0.6 is 0 Å². The molecule has 0 radical (unpaired) electrons. The lowest BCUT2D eigenvalue weighted by molar-refractivity contribution is -0.130. The molecular weight excluding hydrogens is 258 g/mol. The first-order valence-electron chi connectivity index (χ1n) is 6.56. The van der Waals surface area contributed by atoms with Gasteiger partial charge in [0.2, 0.25) is 5.91 Å². The molecule has 2 aromatic heterocycles. The number of fused-ring (bicyclic) bond motifs is 1. The van der Waals surface area contributed by atoms with Crippen molar-refractivity contribution in [1.29, 1.82) is 0 Å². The van der Waals surface area contributed by atoms with Gasteiger partial charge in [0.05, 0.1) is 6.54 Å². The fourth-order valence-electron chi connectivity index (χ4n) is 1.91. The van der Waals surface area contributed by atoms with Crippen LogP contribution in [0, 0.1) is 0 Å². The van der Waals surface area contributed by atoms with Crippen LogP contribution in [0.5, 0.6) is 0 Å². The normalized spacial score (nSPS) is 10.9. The molecule has 20 heavy (non-hydrogen) atoms. The van der Waals surface area contributed by atoms with Crippen molar-refractivity contribution in [3.63, 3.8) is 0 Å². The van der Waals surface area contributed by atoms with Crippen molar-refractivity contribution in [3.05, 3.63) is 34.9 Å². The topological polar surface area (TPSA) is 71.6 Å². The molecule has 2 heterocycles. The molecule has 1 N–H and O–H groups in total. The number of hydrogen-bond donors (Lipinski definition) is 1. The highest BCUT2D eigenvalue weighted by Gasteiger charge is 2.11. The van der Waals surface area contributed by atoms with Crippen molar-refractivity contribution in [2.24, 2.45) is 0 Å². The Morgan fingerprint density at radius 3 is 2.95 bits per heavy atom. The number of carbonyl (C=O) groups is 1. The Hall–Kier alpha value is -2.15. The van der Waals surface area contributed by atoms with Gasteiger partial charge in [0, 0.05) is 32.8 Å². The fourth-order valence-corrected chi connectivity index (χ4v) is 1.91. The summed E-state index contributed by atoms with van der Waals surface area (Å²) in [5.74, 6) is 0.00389. The molecule has 0 fully saturated rings. The predicted molar refractivity (Wildman–Crippen MR) is 75.6 cm³/mol. The molecular formula is C13H19N5O2. The highest BCUT2D eigenvalue weighted by atomic mass is 16.2. The Morgan fingerprint density at radius 2 is 2.25 bits per heavy atom. The minimum atomic E-state index is -0.216. The Kier molecular flexibility index (Phi) is 4.52. The van der Waals surface area contributed by atoms with Crippen LogP contribution in [0.4, 0.5) is 0 Å².